The van der Waals surface area contributed by atoms with Crippen LogP contribution >= 0.6 is 0 Å². The Kier molecular flexibility index (Phi) is 6.44. The van der Waals surface area contributed by atoms with Crippen molar-refractivity contribution >= 4 is 39.8 Å². The molecule has 1 heterocycles. The molecule has 3 aromatic rings. The standard InChI is InChI=1S/C23H26N4O2/c1-4-27(5-2)18-11-12-19(16(3)14-18)25-21(28)15-22(29)26-20-10-6-8-17-9-7-13-24-23(17)20/h6-14H,4-5,15H2,1-3H3,(H,25,28)(H,26,29). The number of carbonyl (C=O) groups excluding carboxylic acids is 2. The van der Waals surface area contributed by atoms with Crippen LogP contribution in [0.3, 0.4) is 0 Å². The summed E-state index contributed by atoms with van der Waals surface area (Å²) in [5.41, 5.74) is 4.09. The Morgan fingerprint density at radius 3 is 2.31 bits per heavy atom. The van der Waals surface area contributed by atoms with Crippen LogP contribution in [0.4, 0.5) is 17.1 Å². The molecule has 3 rings (SSSR count). The highest BCUT2D eigenvalue weighted by Gasteiger charge is 2.13. The predicted molar refractivity (Wildman–Crippen MR) is 118 cm³/mol. The number of pyridine rings is 1. The van der Waals surface area contributed by atoms with E-state index in [0.29, 0.717) is 16.9 Å². The van der Waals surface area contributed by atoms with Gasteiger partial charge < -0.3 is 15.5 Å². The lowest BCUT2D eigenvalue weighted by Gasteiger charge is -2.22. The molecule has 2 N–H and O–H groups in total. The normalized spacial score (nSPS) is 10.6. The van der Waals surface area contributed by atoms with Gasteiger partial charge in [0.25, 0.3) is 0 Å². The SMILES string of the molecule is CCN(CC)c1ccc(NC(=O)CC(=O)Nc2cccc3cccnc23)c(C)c1. The van der Waals surface area contributed by atoms with Gasteiger partial charge in [0.05, 0.1) is 11.2 Å². The summed E-state index contributed by atoms with van der Waals surface area (Å²) in [6, 6.07) is 15.2. The zero-order chi connectivity index (χ0) is 20.8. The zero-order valence-corrected chi connectivity index (χ0v) is 17.0. The minimum atomic E-state index is -0.377. The minimum Gasteiger partial charge on any atom is -0.372 e. The third-order valence-electron chi connectivity index (χ3n) is 4.84. The largest absolute Gasteiger partial charge is 0.372 e. The van der Waals surface area contributed by atoms with Gasteiger partial charge in [-0.05, 0) is 56.7 Å². The van der Waals surface area contributed by atoms with Crippen LogP contribution in [0.5, 0.6) is 0 Å². The highest BCUT2D eigenvalue weighted by atomic mass is 16.2. The first-order valence-electron chi connectivity index (χ1n) is 9.80. The molecule has 0 bridgehead atoms. The molecule has 0 radical (unpaired) electrons. The van der Waals surface area contributed by atoms with Crippen LogP contribution in [0.1, 0.15) is 25.8 Å². The fraction of sp³-hybridized carbons (Fsp3) is 0.261. The molecule has 1 aromatic heterocycles. The first-order valence-corrected chi connectivity index (χ1v) is 9.80. The van der Waals surface area contributed by atoms with Crippen molar-refractivity contribution in [2.45, 2.75) is 27.2 Å². The summed E-state index contributed by atoms with van der Waals surface area (Å²) in [6.45, 7) is 8.01. The Bertz CT molecular complexity index is 1020. The highest BCUT2D eigenvalue weighted by Crippen LogP contribution is 2.23. The lowest BCUT2D eigenvalue weighted by atomic mass is 10.1. The topological polar surface area (TPSA) is 74.3 Å². The Morgan fingerprint density at radius 2 is 1.62 bits per heavy atom. The van der Waals surface area contributed by atoms with Crippen LogP contribution in [0.15, 0.2) is 54.7 Å². The number of para-hydroxylation sites is 1. The van der Waals surface area contributed by atoms with E-state index >= 15 is 0 Å². The van der Waals surface area contributed by atoms with E-state index in [1.54, 1.807) is 12.3 Å². The summed E-state index contributed by atoms with van der Waals surface area (Å²) in [6.07, 6.45) is 1.41. The van der Waals surface area contributed by atoms with Crippen LogP contribution in [0.2, 0.25) is 0 Å². The highest BCUT2D eigenvalue weighted by molar-refractivity contribution is 6.10. The number of hydrogen-bond acceptors (Lipinski definition) is 4. The van der Waals surface area contributed by atoms with Crippen molar-refractivity contribution in [2.24, 2.45) is 0 Å². The minimum absolute atomic E-state index is 0.263. The van der Waals surface area contributed by atoms with Crippen molar-refractivity contribution < 1.29 is 9.59 Å². The third kappa shape index (κ3) is 4.90. The van der Waals surface area contributed by atoms with Crippen molar-refractivity contribution in [3.05, 3.63) is 60.3 Å². The lowest BCUT2D eigenvalue weighted by Crippen LogP contribution is -2.23. The lowest BCUT2D eigenvalue weighted by molar-refractivity contribution is -0.123. The second-order valence-corrected chi connectivity index (χ2v) is 6.83. The molecule has 29 heavy (non-hydrogen) atoms. The average Bonchev–Trinajstić information content (AvgIpc) is 2.71. The quantitative estimate of drug-likeness (QED) is 0.588. The van der Waals surface area contributed by atoms with Gasteiger partial charge in [0.2, 0.25) is 11.8 Å². The Balaban J connectivity index is 1.64. The number of carbonyl (C=O) groups is 2. The van der Waals surface area contributed by atoms with Gasteiger partial charge >= 0.3 is 0 Å². The van der Waals surface area contributed by atoms with Crippen molar-refractivity contribution in [2.75, 3.05) is 28.6 Å². The molecule has 6 nitrogen and oxygen atoms in total. The van der Waals surface area contributed by atoms with Crippen molar-refractivity contribution in [3.63, 3.8) is 0 Å². The van der Waals surface area contributed by atoms with Gasteiger partial charge in [0.15, 0.2) is 0 Å². The fourth-order valence-electron chi connectivity index (χ4n) is 3.31. The third-order valence-corrected chi connectivity index (χ3v) is 4.84. The average molecular weight is 390 g/mol. The molecule has 0 saturated carbocycles. The number of aryl methyl sites for hydroxylation is 1. The van der Waals surface area contributed by atoms with E-state index in [2.05, 4.69) is 34.4 Å². The molecule has 6 heteroatoms. The van der Waals surface area contributed by atoms with Crippen LogP contribution in [-0.4, -0.2) is 29.9 Å². The van der Waals surface area contributed by atoms with Gasteiger partial charge in [-0.25, -0.2) is 0 Å². The maximum Gasteiger partial charge on any atom is 0.233 e. The molecule has 2 aromatic carbocycles. The summed E-state index contributed by atoms with van der Waals surface area (Å²) in [4.78, 5) is 31.3. The second kappa shape index (κ2) is 9.19. The first kappa shape index (κ1) is 20.3. The molecule has 0 aliphatic carbocycles. The number of benzene rings is 2. The molecule has 150 valence electrons. The fourth-order valence-corrected chi connectivity index (χ4v) is 3.31. The maximum atomic E-state index is 12.4. The van der Waals surface area contributed by atoms with Crippen molar-refractivity contribution in [1.29, 1.82) is 0 Å². The Hall–Kier alpha value is -3.41. The van der Waals surface area contributed by atoms with Crippen LogP contribution in [0.25, 0.3) is 10.9 Å². The molecule has 0 aliphatic heterocycles. The number of fused-ring (bicyclic) bond motifs is 1. The molecule has 2 amide bonds. The van der Waals surface area contributed by atoms with Crippen molar-refractivity contribution in [1.82, 2.24) is 4.98 Å². The summed E-state index contributed by atoms with van der Waals surface area (Å²) in [5.74, 6) is -0.729. The van der Waals surface area contributed by atoms with Gasteiger partial charge in [-0.15, -0.1) is 0 Å². The maximum absolute atomic E-state index is 12.4. The van der Waals surface area contributed by atoms with E-state index in [1.165, 1.54) is 0 Å². The molecule has 0 unspecified atom stereocenters. The monoisotopic (exact) mass is 390 g/mol. The number of amides is 2. The van der Waals surface area contributed by atoms with E-state index < -0.39 is 0 Å². The zero-order valence-electron chi connectivity index (χ0n) is 17.0. The van der Waals surface area contributed by atoms with E-state index in [4.69, 9.17) is 0 Å². The molecule has 0 aliphatic rings. The number of anilines is 3. The van der Waals surface area contributed by atoms with Gasteiger partial charge in [-0.3, -0.25) is 14.6 Å². The smallest absolute Gasteiger partial charge is 0.233 e. The van der Waals surface area contributed by atoms with E-state index in [-0.39, 0.29) is 18.2 Å². The molecular weight excluding hydrogens is 364 g/mol. The number of rotatable bonds is 7. The first-order chi connectivity index (χ1) is 14.0. The molecular formula is C23H26N4O2. The number of hydrogen-bond donors (Lipinski definition) is 2. The second-order valence-electron chi connectivity index (χ2n) is 6.83. The predicted octanol–water partition coefficient (Wildman–Crippen LogP) is 4.36. The van der Waals surface area contributed by atoms with Crippen LogP contribution in [-0.2, 0) is 9.59 Å². The van der Waals surface area contributed by atoms with Gasteiger partial charge in [0.1, 0.15) is 6.42 Å². The summed E-state index contributed by atoms with van der Waals surface area (Å²) in [7, 11) is 0. The van der Waals surface area contributed by atoms with Crippen LogP contribution < -0.4 is 15.5 Å². The summed E-state index contributed by atoms with van der Waals surface area (Å²) >= 11 is 0. The van der Waals surface area contributed by atoms with Crippen molar-refractivity contribution in [3.8, 4) is 0 Å². The Labute approximate surface area is 170 Å². The number of aromatic nitrogens is 1. The molecule has 0 saturated heterocycles. The van der Waals surface area contributed by atoms with Crippen LogP contribution in [0, 0.1) is 6.92 Å². The summed E-state index contributed by atoms with van der Waals surface area (Å²) < 4.78 is 0. The number of nitrogens with zero attached hydrogens (tertiary/aromatic N) is 2. The molecule has 0 spiro atoms. The Morgan fingerprint density at radius 1 is 0.931 bits per heavy atom. The molecule has 0 atom stereocenters. The van der Waals surface area contributed by atoms with E-state index in [1.807, 2.05) is 49.4 Å². The number of nitrogens with one attached hydrogen (secondary N) is 2. The van der Waals surface area contributed by atoms with Gasteiger partial charge in [0, 0.05) is 36.0 Å². The van der Waals surface area contributed by atoms with E-state index in [0.717, 1.165) is 29.7 Å². The van der Waals surface area contributed by atoms with Gasteiger partial charge in [-0.2, -0.15) is 0 Å². The summed E-state index contributed by atoms with van der Waals surface area (Å²) in [5, 5.41) is 6.55. The van der Waals surface area contributed by atoms with Gasteiger partial charge in [-0.1, -0.05) is 18.2 Å². The molecule has 0 fully saturated rings. The van der Waals surface area contributed by atoms with E-state index in [9.17, 15) is 9.59 Å².